The lowest BCUT2D eigenvalue weighted by atomic mass is 9.80. The van der Waals surface area contributed by atoms with Crippen LogP contribution in [0.3, 0.4) is 0 Å². The lowest BCUT2D eigenvalue weighted by Gasteiger charge is -2.31. The van der Waals surface area contributed by atoms with Crippen molar-refractivity contribution in [2.45, 2.75) is 37.8 Å². The number of hydrogen-bond acceptors (Lipinski definition) is 5. The minimum Gasteiger partial charge on any atom is -0.411 e. The highest BCUT2D eigenvalue weighted by Crippen LogP contribution is 2.27. The molecule has 0 bridgehead atoms. The van der Waals surface area contributed by atoms with Crippen molar-refractivity contribution in [3.05, 3.63) is 10.1 Å². The number of oxime groups is 1. The van der Waals surface area contributed by atoms with Crippen LogP contribution in [0.5, 0.6) is 0 Å². The molecule has 1 aliphatic rings. The molecule has 0 saturated heterocycles. The summed E-state index contributed by atoms with van der Waals surface area (Å²) >= 11 is 0. The Morgan fingerprint density at radius 2 is 2.38 bits per heavy atom. The molecule has 0 aromatic rings. The Bertz CT molecular complexity index is 249. The van der Waals surface area contributed by atoms with Gasteiger partial charge in [-0.05, 0) is 19.8 Å². The maximum Gasteiger partial charge on any atom is 0.246 e. The molecule has 1 saturated carbocycles. The molecule has 0 aromatic carbocycles. The van der Waals surface area contributed by atoms with E-state index in [9.17, 15) is 15.2 Å². The maximum atomic E-state index is 10.5. The molecule has 6 nitrogen and oxygen atoms in total. The van der Waals surface area contributed by atoms with Crippen molar-refractivity contribution in [3.8, 4) is 0 Å². The SMILES string of the molecule is C[C@@]1(O)/C(=N/O)CCC[C@@H]1[N+](=O)[O-]. The van der Waals surface area contributed by atoms with Crippen molar-refractivity contribution in [3.63, 3.8) is 0 Å². The summed E-state index contributed by atoms with van der Waals surface area (Å²) in [7, 11) is 0. The molecule has 13 heavy (non-hydrogen) atoms. The molecule has 6 heteroatoms. The zero-order valence-electron chi connectivity index (χ0n) is 7.30. The van der Waals surface area contributed by atoms with Gasteiger partial charge in [0.15, 0.2) is 5.60 Å². The van der Waals surface area contributed by atoms with Gasteiger partial charge in [-0.15, -0.1) is 0 Å². The molecule has 2 N–H and O–H groups in total. The third-order valence-electron chi connectivity index (χ3n) is 2.50. The van der Waals surface area contributed by atoms with E-state index in [1.54, 1.807) is 0 Å². The van der Waals surface area contributed by atoms with Crippen molar-refractivity contribution in [2.24, 2.45) is 5.16 Å². The van der Waals surface area contributed by atoms with Crippen LogP contribution in [0.2, 0.25) is 0 Å². The molecule has 74 valence electrons. The first-order chi connectivity index (χ1) is 6.00. The van der Waals surface area contributed by atoms with Crippen LogP contribution in [-0.2, 0) is 0 Å². The van der Waals surface area contributed by atoms with Crippen LogP contribution in [0.15, 0.2) is 5.16 Å². The van der Waals surface area contributed by atoms with Gasteiger partial charge in [0, 0.05) is 11.3 Å². The molecule has 0 heterocycles. The van der Waals surface area contributed by atoms with E-state index in [-0.39, 0.29) is 5.71 Å². The second kappa shape index (κ2) is 3.29. The second-order valence-corrected chi connectivity index (χ2v) is 3.39. The van der Waals surface area contributed by atoms with Crippen molar-refractivity contribution in [1.29, 1.82) is 0 Å². The fourth-order valence-electron chi connectivity index (χ4n) is 1.65. The third-order valence-corrected chi connectivity index (χ3v) is 2.50. The normalized spacial score (nSPS) is 37.7. The molecule has 0 radical (unpaired) electrons. The summed E-state index contributed by atoms with van der Waals surface area (Å²) in [6, 6.07) is -1.06. The highest BCUT2D eigenvalue weighted by atomic mass is 16.6. The second-order valence-electron chi connectivity index (χ2n) is 3.39. The lowest BCUT2D eigenvalue weighted by Crippen LogP contribution is -2.53. The van der Waals surface area contributed by atoms with E-state index >= 15 is 0 Å². The van der Waals surface area contributed by atoms with Crippen LogP contribution in [0.25, 0.3) is 0 Å². The van der Waals surface area contributed by atoms with Crippen molar-refractivity contribution < 1.29 is 15.2 Å². The topological polar surface area (TPSA) is 96.0 Å². The molecule has 0 spiro atoms. The van der Waals surface area contributed by atoms with E-state index in [4.69, 9.17) is 5.21 Å². The Hall–Kier alpha value is -1.17. The van der Waals surface area contributed by atoms with Gasteiger partial charge < -0.3 is 10.3 Å². The number of rotatable bonds is 1. The third kappa shape index (κ3) is 1.62. The average molecular weight is 188 g/mol. The number of aliphatic hydroxyl groups is 1. The zero-order chi connectivity index (χ0) is 10.1. The molecular formula is C7H12N2O4. The van der Waals surface area contributed by atoms with Gasteiger partial charge in [-0.3, -0.25) is 10.1 Å². The number of hydrogen-bond donors (Lipinski definition) is 2. The summed E-state index contributed by atoms with van der Waals surface area (Å²) in [4.78, 5) is 10.0. The Morgan fingerprint density at radius 1 is 1.77 bits per heavy atom. The van der Waals surface area contributed by atoms with Gasteiger partial charge in [0.1, 0.15) is 0 Å². The van der Waals surface area contributed by atoms with Crippen LogP contribution in [-0.4, -0.2) is 32.6 Å². The Kier molecular flexibility index (Phi) is 2.51. The van der Waals surface area contributed by atoms with E-state index in [1.807, 2.05) is 0 Å². The van der Waals surface area contributed by atoms with Crippen molar-refractivity contribution in [2.75, 3.05) is 0 Å². The first-order valence-corrected chi connectivity index (χ1v) is 4.07. The van der Waals surface area contributed by atoms with Crippen LogP contribution in [0.4, 0.5) is 0 Å². The summed E-state index contributed by atoms with van der Waals surface area (Å²) in [5.74, 6) is 0. The molecule has 1 aliphatic carbocycles. The highest BCUT2D eigenvalue weighted by molar-refractivity contribution is 5.92. The van der Waals surface area contributed by atoms with Gasteiger partial charge in [-0.2, -0.15) is 0 Å². The van der Waals surface area contributed by atoms with Gasteiger partial charge in [0.2, 0.25) is 6.04 Å². The largest absolute Gasteiger partial charge is 0.411 e. The Morgan fingerprint density at radius 3 is 2.85 bits per heavy atom. The molecule has 2 atom stereocenters. The summed E-state index contributed by atoms with van der Waals surface area (Å²) in [5, 5.41) is 31.7. The van der Waals surface area contributed by atoms with Gasteiger partial charge in [-0.25, -0.2) is 0 Å². The van der Waals surface area contributed by atoms with Crippen LogP contribution >= 0.6 is 0 Å². The smallest absolute Gasteiger partial charge is 0.246 e. The summed E-state index contributed by atoms with van der Waals surface area (Å²) in [6.07, 6.45) is 1.30. The minimum absolute atomic E-state index is 0.0976. The number of nitrogens with zero attached hydrogens (tertiary/aromatic N) is 2. The van der Waals surface area contributed by atoms with E-state index < -0.39 is 16.6 Å². The fourth-order valence-corrected chi connectivity index (χ4v) is 1.65. The monoisotopic (exact) mass is 188 g/mol. The van der Waals surface area contributed by atoms with E-state index in [2.05, 4.69) is 5.16 Å². The maximum absolute atomic E-state index is 10.5. The summed E-state index contributed by atoms with van der Waals surface area (Å²) in [6.45, 7) is 1.31. The van der Waals surface area contributed by atoms with E-state index in [1.165, 1.54) is 6.92 Å². The van der Waals surface area contributed by atoms with Crippen LogP contribution < -0.4 is 0 Å². The van der Waals surface area contributed by atoms with Gasteiger partial charge >= 0.3 is 0 Å². The predicted octanol–water partition coefficient (Wildman–Crippen LogP) is 0.397. The number of nitro groups is 1. The average Bonchev–Trinajstić information content (AvgIpc) is 2.02. The quantitative estimate of drug-likeness (QED) is 0.353. The molecule has 0 aliphatic heterocycles. The molecule has 1 fully saturated rings. The molecular weight excluding hydrogens is 176 g/mol. The zero-order valence-corrected chi connectivity index (χ0v) is 7.30. The first-order valence-electron chi connectivity index (χ1n) is 4.07. The minimum atomic E-state index is -1.61. The van der Waals surface area contributed by atoms with Crippen LogP contribution in [0, 0.1) is 10.1 Å². The first kappa shape index (κ1) is 9.91. The Labute approximate surface area is 75.0 Å². The van der Waals surface area contributed by atoms with Gasteiger partial charge in [-0.1, -0.05) is 5.16 Å². The molecule has 0 aromatic heterocycles. The standard InChI is InChI=1S/C7H12N2O4/c1-7(10)5(8-11)3-2-4-6(7)9(12)13/h6,10-11H,2-4H2,1H3/b8-5+/t6-,7+/m0/s1. The van der Waals surface area contributed by atoms with Gasteiger partial charge in [0.05, 0.1) is 5.71 Å². The highest BCUT2D eigenvalue weighted by Gasteiger charge is 2.48. The predicted molar refractivity (Wildman–Crippen MR) is 44.5 cm³/mol. The van der Waals surface area contributed by atoms with Crippen molar-refractivity contribution >= 4 is 5.71 Å². The van der Waals surface area contributed by atoms with Gasteiger partial charge in [0.25, 0.3) is 0 Å². The van der Waals surface area contributed by atoms with E-state index in [0.29, 0.717) is 19.3 Å². The van der Waals surface area contributed by atoms with E-state index in [0.717, 1.165) is 0 Å². The fraction of sp³-hybridized carbons (Fsp3) is 0.857. The summed E-state index contributed by atoms with van der Waals surface area (Å²) < 4.78 is 0. The molecule has 0 amide bonds. The molecule has 0 unspecified atom stereocenters. The van der Waals surface area contributed by atoms with Crippen LogP contribution in [0.1, 0.15) is 26.2 Å². The lowest BCUT2D eigenvalue weighted by molar-refractivity contribution is -0.541. The Balaban J connectivity index is 2.94. The van der Waals surface area contributed by atoms with Crippen molar-refractivity contribution in [1.82, 2.24) is 0 Å². The molecule has 1 rings (SSSR count). The summed E-state index contributed by atoms with van der Waals surface area (Å²) in [5.41, 5.74) is -1.52.